The molecule has 7 nitrogen and oxygen atoms in total. The van der Waals surface area contributed by atoms with Crippen LogP contribution < -0.4 is 15.9 Å². The van der Waals surface area contributed by atoms with Crippen LogP contribution in [0.2, 0.25) is 0 Å². The van der Waals surface area contributed by atoms with Crippen LogP contribution in [0.15, 0.2) is 28.4 Å². The molecule has 0 aliphatic heterocycles. The number of aromatic amines is 1. The van der Waals surface area contributed by atoms with Crippen molar-refractivity contribution in [1.29, 1.82) is 0 Å². The van der Waals surface area contributed by atoms with Gasteiger partial charge < -0.3 is 16.0 Å². The summed E-state index contributed by atoms with van der Waals surface area (Å²) in [5, 5.41) is 15.4. The van der Waals surface area contributed by atoms with Crippen molar-refractivity contribution in [3.8, 4) is 0 Å². The van der Waals surface area contributed by atoms with Gasteiger partial charge in [-0.3, -0.25) is 14.9 Å². The van der Waals surface area contributed by atoms with Gasteiger partial charge in [0.05, 0.1) is 11.5 Å². The number of H-pyrrole nitrogens is 1. The van der Waals surface area contributed by atoms with E-state index in [1.807, 2.05) is 0 Å². The van der Waals surface area contributed by atoms with Crippen molar-refractivity contribution >= 4 is 28.4 Å². The standard InChI is InChI=1S/C10H10N4O3S/c11-7-2-1-3-8(9(7)14(16)17)12-4-6-5-18-10(15)13-6/h1-3,5,12H,4,11H2,(H,13,15). The number of nitrogens with zero attached hydrogens (tertiary/aromatic N) is 1. The maximum atomic E-state index is 10.9. The number of benzene rings is 1. The number of nitrogens with one attached hydrogen (secondary N) is 2. The van der Waals surface area contributed by atoms with E-state index in [4.69, 9.17) is 5.73 Å². The summed E-state index contributed by atoms with van der Waals surface area (Å²) in [5.41, 5.74) is 6.50. The third kappa shape index (κ3) is 2.48. The Morgan fingerprint density at radius 2 is 2.28 bits per heavy atom. The van der Waals surface area contributed by atoms with E-state index in [0.717, 1.165) is 11.3 Å². The smallest absolute Gasteiger partial charge is 0.314 e. The average molecular weight is 266 g/mol. The topological polar surface area (TPSA) is 114 Å². The largest absolute Gasteiger partial charge is 0.393 e. The molecule has 0 spiro atoms. The Balaban J connectivity index is 2.21. The lowest BCUT2D eigenvalue weighted by Crippen LogP contribution is -2.06. The monoisotopic (exact) mass is 266 g/mol. The Morgan fingerprint density at radius 3 is 2.89 bits per heavy atom. The molecule has 0 unspecified atom stereocenters. The molecule has 0 radical (unpaired) electrons. The number of hydrogen-bond donors (Lipinski definition) is 3. The zero-order valence-corrected chi connectivity index (χ0v) is 9.99. The summed E-state index contributed by atoms with van der Waals surface area (Å²) in [7, 11) is 0. The highest BCUT2D eigenvalue weighted by molar-refractivity contribution is 7.07. The number of anilines is 2. The molecule has 4 N–H and O–H groups in total. The molecule has 0 aliphatic rings. The molecule has 1 heterocycles. The first-order valence-electron chi connectivity index (χ1n) is 5.01. The first-order valence-corrected chi connectivity index (χ1v) is 5.89. The molecule has 1 aromatic heterocycles. The molecule has 94 valence electrons. The number of nitro groups is 1. The van der Waals surface area contributed by atoms with Crippen LogP contribution in [0.25, 0.3) is 0 Å². The van der Waals surface area contributed by atoms with Gasteiger partial charge in [0.15, 0.2) is 0 Å². The summed E-state index contributed by atoms with van der Waals surface area (Å²) < 4.78 is 0. The second-order valence-corrected chi connectivity index (χ2v) is 4.37. The predicted octanol–water partition coefficient (Wildman–Crippen LogP) is 1.54. The maximum absolute atomic E-state index is 10.9. The molecule has 0 bridgehead atoms. The summed E-state index contributed by atoms with van der Waals surface area (Å²) in [6, 6.07) is 4.66. The molecule has 8 heteroatoms. The van der Waals surface area contributed by atoms with Crippen LogP contribution in [-0.4, -0.2) is 9.91 Å². The fourth-order valence-corrected chi connectivity index (χ4v) is 2.08. The van der Waals surface area contributed by atoms with Crippen molar-refractivity contribution in [2.75, 3.05) is 11.1 Å². The van der Waals surface area contributed by atoms with E-state index in [1.54, 1.807) is 17.5 Å². The first-order chi connectivity index (χ1) is 8.58. The highest BCUT2D eigenvalue weighted by Gasteiger charge is 2.17. The van der Waals surface area contributed by atoms with Crippen molar-refractivity contribution in [3.63, 3.8) is 0 Å². The minimum absolute atomic E-state index is 0.101. The first kappa shape index (κ1) is 12.1. The van der Waals surface area contributed by atoms with Gasteiger partial charge in [0, 0.05) is 11.1 Å². The second kappa shape index (κ2) is 4.88. The molecular weight excluding hydrogens is 256 g/mol. The van der Waals surface area contributed by atoms with Crippen LogP contribution in [0.4, 0.5) is 17.1 Å². The average Bonchev–Trinajstić information content (AvgIpc) is 2.72. The minimum atomic E-state index is -0.534. The number of para-hydroxylation sites is 1. The third-order valence-electron chi connectivity index (χ3n) is 2.29. The molecule has 0 atom stereocenters. The van der Waals surface area contributed by atoms with Crippen LogP contribution in [-0.2, 0) is 6.54 Å². The number of aromatic nitrogens is 1. The van der Waals surface area contributed by atoms with Crippen molar-refractivity contribution in [3.05, 3.63) is 49.1 Å². The summed E-state index contributed by atoms with van der Waals surface area (Å²) in [5.74, 6) is 0. The SMILES string of the molecule is Nc1cccc(NCc2csc(=O)[nH]2)c1[N+](=O)[O-]. The number of nitro benzene ring substituents is 1. The number of hydrogen-bond acceptors (Lipinski definition) is 6. The zero-order chi connectivity index (χ0) is 13.1. The van der Waals surface area contributed by atoms with Gasteiger partial charge in [0.25, 0.3) is 0 Å². The molecule has 0 saturated heterocycles. The van der Waals surface area contributed by atoms with Crippen LogP contribution in [0.5, 0.6) is 0 Å². The Kier molecular flexibility index (Phi) is 3.28. The number of nitrogen functional groups attached to an aromatic ring is 1. The van der Waals surface area contributed by atoms with Crippen LogP contribution in [0, 0.1) is 10.1 Å². The Hall–Kier alpha value is -2.35. The normalized spacial score (nSPS) is 10.2. The Labute approximate surface area is 105 Å². The van der Waals surface area contributed by atoms with Crippen molar-refractivity contribution < 1.29 is 4.92 Å². The summed E-state index contributed by atoms with van der Waals surface area (Å²) in [4.78, 5) is 23.7. The highest BCUT2D eigenvalue weighted by atomic mass is 32.1. The Morgan fingerprint density at radius 1 is 1.50 bits per heavy atom. The molecule has 0 fully saturated rings. The highest BCUT2D eigenvalue weighted by Crippen LogP contribution is 2.30. The molecule has 0 saturated carbocycles. The number of nitrogens with two attached hydrogens (primary N) is 1. The van der Waals surface area contributed by atoms with Gasteiger partial charge in [-0.15, -0.1) is 0 Å². The van der Waals surface area contributed by atoms with Gasteiger partial charge in [-0.25, -0.2) is 0 Å². The van der Waals surface area contributed by atoms with Crippen LogP contribution >= 0.6 is 11.3 Å². The quantitative estimate of drug-likeness (QED) is 0.441. The Bertz CT molecular complexity index is 634. The molecule has 2 aromatic rings. The zero-order valence-electron chi connectivity index (χ0n) is 9.17. The van der Waals surface area contributed by atoms with E-state index in [1.165, 1.54) is 6.07 Å². The molecule has 0 amide bonds. The molecule has 0 aliphatic carbocycles. The fraction of sp³-hybridized carbons (Fsp3) is 0.100. The summed E-state index contributed by atoms with van der Waals surface area (Å²) in [6.45, 7) is 0.295. The van der Waals surface area contributed by atoms with Crippen molar-refractivity contribution in [2.45, 2.75) is 6.54 Å². The van der Waals surface area contributed by atoms with Gasteiger partial charge in [-0.05, 0) is 12.1 Å². The second-order valence-electron chi connectivity index (χ2n) is 3.53. The predicted molar refractivity (Wildman–Crippen MR) is 69.8 cm³/mol. The van der Waals surface area contributed by atoms with E-state index in [9.17, 15) is 14.9 Å². The van der Waals surface area contributed by atoms with Gasteiger partial charge in [0.1, 0.15) is 11.4 Å². The van der Waals surface area contributed by atoms with Gasteiger partial charge in [-0.2, -0.15) is 0 Å². The van der Waals surface area contributed by atoms with Crippen LogP contribution in [0.1, 0.15) is 5.69 Å². The van der Waals surface area contributed by atoms with E-state index in [2.05, 4.69) is 10.3 Å². The molecule has 2 rings (SSSR count). The van der Waals surface area contributed by atoms with Gasteiger partial charge in [0.2, 0.25) is 0 Å². The lowest BCUT2D eigenvalue weighted by atomic mass is 10.2. The molecule has 1 aromatic carbocycles. The molecule has 18 heavy (non-hydrogen) atoms. The molecular formula is C10H10N4O3S. The van der Waals surface area contributed by atoms with Crippen LogP contribution in [0.3, 0.4) is 0 Å². The lowest BCUT2D eigenvalue weighted by molar-refractivity contribution is -0.383. The van der Waals surface area contributed by atoms with Crippen molar-refractivity contribution in [1.82, 2.24) is 4.98 Å². The fourth-order valence-electron chi connectivity index (χ4n) is 1.50. The minimum Gasteiger partial charge on any atom is -0.393 e. The number of thiazole rings is 1. The van der Waals surface area contributed by atoms with E-state index < -0.39 is 4.92 Å². The number of rotatable bonds is 4. The van der Waals surface area contributed by atoms with Gasteiger partial charge in [-0.1, -0.05) is 17.4 Å². The summed E-state index contributed by atoms with van der Waals surface area (Å²) >= 11 is 1.04. The maximum Gasteiger partial charge on any atom is 0.314 e. The third-order valence-corrected chi connectivity index (χ3v) is 3.01. The van der Waals surface area contributed by atoms with E-state index in [0.29, 0.717) is 17.9 Å². The van der Waals surface area contributed by atoms with Gasteiger partial charge >= 0.3 is 10.6 Å². The van der Waals surface area contributed by atoms with E-state index in [-0.39, 0.29) is 16.2 Å². The summed E-state index contributed by atoms with van der Waals surface area (Å²) in [6.07, 6.45) is 0. The lowest BCUT2D eigenvalue weighted by Gasteiger charge is -2.07. The van der Waals surface area contributed by atoms with E-state index >= 15 is 0 Å². The van der Waals surface area contributed by atoms with Crippen molar-refractivity contribution in [2.24, 2.45) is 0 Å².